The fourth-order valence-corrected chi connectivity index (χ4v) is 5.59. The molecule has 3 rings (SSSR count). The number of piperidine rings is 1. The van der Waals surface area contributed by atoms with Gasteiger partial charge >= 0.3 is 0 Å². The Kier molecular flexibility index (Phi) is 5.71. The molecule has 1 atom stereocenters. The van der Waals surface area contributed by atoms with Crippen LogP contribution in [0.25, 0.3) is 0 Å². The highest BCUT2D eigenvalue weighted by atomic mass is 32.2. The lowest BCUT2D eigenvalue weighted by molar-refractivity contribution is 0.0925. The molecule has 3 heterocycles. The first kappa shape index (κ1) is 17.3. The number of thiophene rings is 1. The summed E-state index contributed by atoms with van der Waals surface area (Å²) in [6.45, 7) is 4.24. The van der Waals surface area contributed by atoms with E-state index in [-0.39, 0.29) is 0 Å². The van der Waals surface area contributed by atoms with Crippen molar-refractivity contribution in [3.63, 3.8) is 0 Å². The van der Waals surface area contributed by atoms with E-state index < -0.39 is 16.3 Å². The van der Waals surface area contributed by atoms with Gasteiger partial charge in [0.05, 0.1) is 0 Å². The third kappa shape index (κ3) is 4.12. The molecular formula is C15H25N3O3S2. The summed E-state index contributed by atoms with van der Waals surface area (Å²) >= 11 is 1.55. The van der Waals surface area contributed by atoms with Gasteiger partial charge in [0, 0.05) is 50.7 Å². The molecule has 23 heavy (non-hydrogen) atoms. The first-order valence-corrected chi connectivity index (χ1v) is 10.5. The van der Waals surface area contributed by atoms with E-state index in [0.29, 0.717) is 45.8 Å². The SMILES string of the molecule is O=S(=O)(N1CCCCC1)N1CCN(C[C@@H](O)c2cccs2)CC1. The van der Waals surface area contributed by atoms with Crippen molar-refractivity contribution >= 4 is 21.5 Å². The largest absolute Gasteiger partial charge is 0.386 e. The molecule has 2 aliphatic heterocycles. The van der Waals surface area contributed by atoms with E-state index in [9.17, 15) is 13.5 Å². The van der Waals surface area contributed by atoms with Gasteiger partial charge in [0.1, 0.15) is 6.10 Å². The van der Waals surface area contributed by atoms with Gasteiger partial charge in [0.15, 0.2) is 0 Å². The molecule has 0 spiro atoms. The maximum absolute atomic E-state index is 12.6. The zero-order chi connectivity index (χ0) is 16.3. The minimum absolute atomic E-state index is 0.486. The van der Waals surface area contributed by atoms with E-state index >= 15 is 0 Å². The maximum Gasteiger partial charge on any atom is 0.282 e. The smallest absolute Gasteiger partial charge is 0.282 e. The van der Waals surface area contributed by atoms with E-state index in [4.69, 9.17) is 0 Å². The quantitative estimate of drug-likeness (QED) is 0.856. The zero-order valence-electron chi connectivity index (χ0n) is 13.3. The molecule has 0 aromatic carbocycles. The van der Waals surface area contributed by atoms with Crippen molar-refractivity contribution < 1.29 is 13.5 Å². The summed E-state index contributed by atoms with van der Waals surface area (Å²) in [7, 11) is -3.30. The van der Waals surface area contributed by atoms with Gasteiger partial charge in [-0.3, -0.25) is 4.90 Å². The van der Waals surface area contributed by atoms with Crippen LogP contribution in [0.3, 0.4) is 0 Å². The molecule has 130 valence electrons. The molecule has 2 saturated heterocycles. The van der Waals surface area contributed by atoms with Crippen molar-refractivity contribution in [2.75, 3.05) is 45.8 Å². The van der Waals surface area contributed by atoms with E-state index in [1.165, 1.54) is 0 Å². The Balaban J connectivity index is 1.51. The summed E-state index contributed by atoms with van der Waals surface area (Å²) in [5.41, 5.74) is 0. The third-order valence-electron chi connectivity index (χ3n) is 4.60. The summed E-state index contributed by atoms with van der Waals surface area (Å²) in [6, 6.07) is 3.87. The third-order valence-corrected chi connectivity index (χ3v) is 7.61. The summed E-state index contributed by atoms with van der Waals surface area (Å²) in [5, 5.41) is 12.2. The minimum Gasteiger partial charge on any atom is -0.386 e. The van der Waals surface area contributed by atoms with Gasteiger partial charge in [-0.25, -0.2) is 0 Å². The number of rotatable bonds is 5. The fraction of sp³-hybridized carbons (Fsp3) is 0.733. The van der Waals surface area contributed by atoms with Crippen molar-refractivity contribution in [1.82, 2.24) is 13.5 Å². The normalized spacial score (nSPS) is 23.9. The molecular weight excluding hydrogens is 334 g/mol. The van der Waals surface area contributed by atoms with Crippen LogP contribution in [0.2, 0.25) is 0 Å². The fourth-order valence-electron chi connectivity index (χ4n) is 3.22. The molecule has 1 aromatic rings. The van der Waals surface area contributed by atoms with Crippen LogP contribution >= 0.6 is 11.3 Å². The number of hydrogen-bond donors (Lipinski definition) is 1. The van der Waals surface area contributed by atoms with Crippen molar-refractivity contribution in [3.05, 3.63) is 22.4 Å². The molecule has 1 N–H and O–H groups in total. The van der Waals surface area contributed by atoms with E-state index in [1.54, 1.807) is 19.9 Å². The number of nitrogens with zero attached hydrogens (tertiary/aromatic N) is 3. The van der Waals surface area contributed by atoms with E-state index in [2.05, 4.69) is 4.90 Å². The Morgan fingerprint density at radius 1 is 1.04 bits per heavy atom. The average Bonchev–Trinajstić information content (AvgIpc) is 3.11. The van der Waals surface area contributed by atoms with Crippen LogP contribution in [0.15, 0.2) is 17.5 Å². The van der Waals surface area contributed by atoms with Crippen LogP contribution < -0.4 is 0 Å². The Labute approximate surface area is 142 Å². The summed E-state index contributed by atoms with van der Waals surface area (Å²) in [6.07, 6.45) is 2.57. The van der Waals surface area contributed by atoms with Gasteiger partial charge in [-0.1, -0.05) is 12.5 Å². The summed E-state index contributed by atoms with van der Waals surface area (Å²) < 4.78 is 28.5. The highest BCUT2D eigenvalue weighted by molar-refractivity contribution is 7.86. The monoisotopic (exact) mass is 359 g/mol. The summed E-state index contributed by atoms with van der Waals surface area (Å²) in [4.78, 5) is 3.11. The van der Waals surface area contributed by atoms with Crippen molar-refractivity contribution in [2.24, 2.45) is 0 Å². The molecule has 0 amide bonds. The Hall–Kier alpha value is -0.510. The molecule has 1 aromatic heterocycles. The Morgan fingerprint density at radius 3 is 2.30 bits per heavy atom. The lowest BCUT2D eigenvalue weighted by atomic mass is 10.2. The van der Waals surface area contributed by atoms with Crippen LogP contribution in [0, 0.1) is 0 Å². The lowest BCUT2D eigenvalue weighted by Crippen LogP contribution is -2.54. The molecule has 0 unspecified atom stereocenters. The predicted octanol–water partition coefficient (Wildman–Crippen LogP) is 1.13. The molecule has 0 radical (unpaired) electrons. The number of aliphatic hydroxyl groups is 1. The number of β-amino-alcohol motifs (C(OH)–C–C–N with tert-alkyl or cyclic N) is 1. The van der Waals surface area contributed by atoms with Gasteiger partial charge in [-0.2, -0.15) is 17.0 Å². The second-order valence-corrected chi connectivity index (χ2v) is 9.11. The topological polar surface area (TPSA) is 64.1 Å². The zero-order valence-corrected chi connectivity index (χ0v) is 14.9. The Morgan fingerprint density at radius 2 is 1.70 bits per heavy atom. The van der Waals surface area contributed by atoms with Crippen LogP contribution in [-0.2, 0) is 10.2 Å². The van der Waals surface area contributed by atoms with Crippen LogP contribution in [0.4, 0.5) is 0 Å². The van der Waals surface area contributed by atoms with Gasteiger partial charge in [0.25, 0.3) is 10.2 Å². The minimum atomic E-state index is -3.30. The van der Waals surface area contributed by atoms with Crippen LogP contribution in [0.5, 0.6) is 0 Å². The first-order valence-electron chi connectivity index (χ1n) is 8.26. The summed E-state index contributed by atoms with van der Waals surface area (Å²) in [5.74, 6) is 0. The van der Waals surface area contributed by atoms with Gasteiger partial charge in [-0.05, 0) is 24.3 Å². The molecule has 8 heteroatoms. The van der Waals surface area contributed by atoms with Crippen molar-refractivity contribution in [2.45, 2.75) is 25.4 Å². The predicted molar refractivity (Wildman–Crippen MR) is 91.6 cm³/mol. The number of hydrogen-bond acceptors (Lipinski definition) is 5. The number of aliphatic hydroxyl groups excluding tert-OH is 1. The van der Waals surface area contributed by atoms with Crippen molar-refractivity contribution in [3.8, 4) is 0 Å². The lowest BCUT2D eigenvalue weighted by Gasteiger charge is -2.38. The van der Waals surface area contributed by atoms with E-state index in [0.717, 1.165) is 24.1 Å². The second-order valence-electron chi connectivity index (χ2n) is 6.20. The highest BCUT2D eigenvalue weighted by Gasteiger charge is 2.33. The maximum atomic E-state index is 12.6. The second kappa shape index (κ2) is 7.58. The molecule has 0 saturated carbocycles. The van der Waals surface area contributed by atoms with Gasteiger partial charge in [-0.15, -0.1) is 11.3 Å². The standard InChI is InChI=1S/C15H25N3O3S2/c19-14(15-5-4-12-22-15)13-16-8-10-18(11-9-16)23(20,21)17-6-2-1-3-7-17/h4-5,12,14,19H,1-3,6-11,13H2/t14-/m1/s1. The van der Waals surface area contributed by atoms with Gasteiger partial charge in [0.2, 0.25) is 0 Å². The molecule has 0 bridgehead atoms. The molecule has 6 nitrogen and oxygen atoms in total. The highest BCUT2D eigenvalue weighted by Crippen LogP contribution is 2.22. The van der Waals surface area contributed by atoms with Gasteiger partial charge < -0.3 is 5.11 Å². The molecule has 2 aliphatic rings. The van der Waals surface area contributed by atoms with Crippen LogP contribution in [-0.4, -0.2) is 72.8 Å². The van der Waals surface area contributed by atoms with Crippen molar-refractivity contribution in [1.29, 1.82) is 0 Å². The molecule has 0 aliphatic carbocycles. The number of piperazine rings is 1. The molecule has 2 fully saturated rings. The van der Waals surface area contributed by atoms with E-state index in [1.807, 2.05) is 17.5 Å². The first-order chi connectivity index (χ1) is 11.1. The van der Waals surface area contributed by atoms with Crippen LogP contribution in [0.1, 0.15) is 30.2 Å². The Bertz CT molecular complexity index is 577. The average molecular weight is 360 g/mol.